The molecule has 0 atom stereocenters. The smallest absolute Gasteiger partial charge is 0.310 e. The Labute approximate surface area is 172 Å². The van der Waals surface area contributed by atoms with Crippen LogP contribution in [0.1, 0.15) is 16.7 Å². The fourth-order valence-corrected chi connectivity index (χ4v) is 2.13. The number of aromatic hydroxyl groups is 3. The quantitative estimate of drug-likeness (QED) is 0.398. The van der Waals surface area contributed by atoms with E-state index in [1.54, 1.807) is 32.0 Å². The molecule has 3 aromatic carbocycles. The molecule has 0 saturated carbocycles. The molecule has 0 heterocycles. The number of rotatable bonds is 2. The molecule has 0 amide bonds. The molecular weight excluding hydrogens is 392 g/mol. The number of non-ortho nitro benzene ring substituents is 1. The Morgan fingerprint density at radius 3 is 1.80 bits per heavy atom. The number of phenolic OH excluding ortho intramolecular Hbond substituents is 3. The van der Waals surface area contributed by atoms with Crippen LogP contribution in [-0.4, -0.2) is 25.2 Å². The van der Waals surface area contributed by atoms with Gasteiger partial charge in [-0.3, -0.25) is 20.2 Å². The van der Waals surface area contributed by atoms with Crippen molar-refractivity contribution in [2.45, 2.75) is 20.8 Å². The summed E-state index contributed by atoms with van der Waals surface area (Å²) in [5, 5.41) is 47.4. The van der Waals surface area contributed by atoms with Crippen LogP contribution in [0.15, 0.2) is 60.7 Å². The Bertz CT molecular complexity index is 1020. The first-order valence-electron chi connectivity index (χ1n) is 8.65. The topological polar surface area (TPSA) is 147 Å². The van der Waals surface area contributed by atoms with Gasteiger partial charge in [-0.05, 0) is 55.7 Å². The van der Waals surface area contributed by atoms with Crippen molar-refractivity contribution >= 4 is 11.4 Å². The molecule has 0 fully saturated rings. The van der Waals surface area contributed by atoms with Crippen molar-refractivity contribution in [1.82, 2.24) is 0 Å². The molecule has 0 aliphatic rings. The van der Waals surface area contributed by atoms with Crippen molar-refractivity contribution in [3.63, 3.8) is 0 Å². The minimum Gasteiger partial charge on any atom is -0.508 e. The lowest BCUT2D eigenvalue weighted by Gasteiger charge is -1.97. The van der Waals surface area contributed by atoms with E-state index in [4.69, 9.17) is 15.3 Å². The van der Waals surface area contributed by atoms with Gasteiger partial charge < -0.3 is 15.3 Å². The molecule has 0 aromatic heterocycles. The van der Waals surface area contributed by atoms with E-state index in [9.17, 15) is 20.2 Å². The second kappa shape index (κ2) is 11.0. The zero-order chi connectivity index (χ0) is 22.8. The predicted molar refractivity (Wildman–Crippen MR) is 112 cm³/mol. The summed E-state index contributed by atoms with van der Waals surface area (Å²) >= 11 is 0. The second-order valence-corrected chi connectivity index (χ2v) is 6.27. The summed E-state index contributed by atoms with van der Waals surface area (Å²) in [6.07, 6.45) is 0. The molecule has 0 aliphatic carbocycles. The largest absolute Gasteiger partial charge is 0.508 e. The standard InChI is InChI=1S/2C7H7NO3.C7H8O/c1-5-2-3-6(8(10)11)4-7(5)9;1-5-3-2-4-6(7(5)9)8(10)11;1-6-3-2-4-7(8)5-6/h2*2-4,9H,1H3;2-5,8H,1H3. The van der Waals surface area contributed by atoms with Crippen LogP contribution >= 0.6 is 0 Å². The van der Waals surface area contributed by atoms with Gasteiger partial charge in [-0.25, -0.2) is 0 Å². The Morgan fingerprint density at radius 2 is 1.37 bits per heavy atom. The van der Waals surface area contributed by atoms with Crippen LogP contribution in [0.25, 0.3) is 0 Å². The van der Waals surface area contributed by atoms with Crippen molar-refractivity contribution in [2.24, 2.45) is 0 Å². The Balaban J connectivity index is 0.000000228. The zero-order valence-electron chi connectivity index (χ0n) is 16.6. The molecule has 30 heavy (non-hydrogen) atoms. The van der Waals surface area contributed by atoms with E-state index in [0.717, 1.165) is 11.6 Å². The number of nitrogens with zero attached hydrogens (tertiary/aromatic N) is 2. The lowest BCUT2D eigenvalue weighted by atomic mass is 10.2. The highest BCUT2D eigenvalue weighted by Gasteiger charge is 2.13. The van der Waals surface area contributed by atoms with Gasteiger partial charge in [-0.1, -0.05) is 24.3 Å². The molecule has 0 bridgehead atoms. The lowest BCUT2D eigenvalue weighted by molar-refractivity contribution is -0.385. The molecule has 3 rings (SSSR count). The van der Waals surface area contributed by atoms with Gasteiger partial charge in [-0.15, -0.1) is 0 Å². The highest BCUT2D eigenvalue weighted by atomic mass is 16.6. The van der Waals surface area contributed by atoms with Gasteiger partial charge >= 0.3 is 5.69 Å². The molecule has 0 unspecified atom stereocenters. The summed E-state index contributed by atoms with van der Waals surface area (Å²) in [6, 6.07) is 15.6. The predicted octanol–water partition coefficient (Wildman–Crippen LogP) is 4.92. The lowest BCUT2D eigenvalue weighted by Crippen LogP contribution is -1.88. The zero-order valence-corrected chi connectivity index (χ0v) is 16.6. The molecule has 9 heteroatoms. The van der Waals surface area contributed by atoms with E-state index >= 15 is 0 Å². The summed E-state index contributed by atoms with van der Waals surface area (Å²) < 4.78 is 0. The van der Waals surface area contributed by atoms with Crippen LogP contribution in [0.5, 0.6) is 17.2 Å². The number of hydrogen-bond acceptors (Lipinski definition) is 7. The maximum absolute atomic E-state index is 10.2. The third kappa shape index (κ3) is 7.47. The third-order valence-corrected chi connectivity index (χ3v) is 3.82. The van der Waals surface area contributed by atoms with Crippen molar-refractivity contribution in [3.05, 3.63) is 97.6 Å². The maximum atomic E-state index is 10.2. The van der Waals surface area contributed by atoms with Crippen LogP contribution in [0.3, 0.4) is 0 Å². The van der Waals surface area contributed by atoms with E-state index in [-0.39, 0.29) is 22.9 Å². The molecule has 0 aliphatic heterocycles. The molecule has 0 spiro atoms. The van der Waals surface area contributed by atoms with E-state index in [2.05, 4.69) is 0 Å². The van der Waals surface area contributed by atoms with Crippen LogP contribution in [0.2, 0.25) is 0 Å². The minimum atomic E-state index is -0.609. The van der Waals surface area contributed by atoms with E-state index < -0.39 is 9.85 Å². The molecule has 3 N–H and O–H groups in total. The monoisotopic (exact) mass is 414 g/mol. The van der Waals surface area contributed by atoms with Crippen LogP contribution in [0, 0.1) is 41.0 Å². The van der Waals surface area contributed by atoms with Crippen molar-refractivity contribution < 1.29 is 25.2 Å². The van der Waals surface area contributed by atoms with E-state index in [1.165, 1.54) is 24.3 Å². The number of nitro benzene ring substituents is 2. The highest BCUT2D eigenvalue weighted by molar-refractivity contribution is 5.49. The van der Waals surface area contributed by atoms with Crippen LogP contribution in [-0.2, 0) is 0 Å². The number of nitro groups is 2. The highest BCUT2D eigenvalue weighted by Crippen LogP contribution is 2.28. The maximum Gasteiger partial charge on any atom is 0.310 e. The van der Waals surface area contributed by atoms with Gasteiger partial charge in [0.15, 0.2) is 5.75 Å². The van der Waals surface area contributed by atoms with Crippen LogP contribution in [0.4, 0.5) is 11.4 Å². The molecule has 0 saturated heterocycles. The number of hydrogen-bond donors (Lipinski definition) is 3. The van der Waals surface area contributed by atoms with Gasteiger partial charge in [0.1, 0.15) is 11.5 Å². The second-order valence-electron chi connectivity index (χ2n) is 6.27. The first-order chi connectivity index (χ1) is 14.0. The van der Waals surface area contributed by atoms with Gasteiger partial charge in [0.25, 0.3) is 5.69 Å². The van der Waals surface area contributed by atoms with Crippen molar-refractivity contribution in [3.8, 4) is 17.2 Å². The Kier molecular flexibility index (Phi) is 8.77. The molecule has 158 valence electrons. The van der Waals surface area contributed by atoms with Gasteiger partial charge in [0.05, 0.1) is 15.9 Å². The fourth-order valence-electron chi connectivity index (χ4n) is 2.13. The van der Waals surface area contributed by atoms with Gasteiger partial charge in [0, 0.05) is 12.1 Å². The summed E-state index contributed by atoms with van der Waals surface area (Å²) in [5.74, 6) is 0.0432. The van der Waals surface area contributed by atoms with Crippen molar-refractivity contribution in [1.29, 1.82) is 0 Å². The summed E-state index contributed by atoms with van der Waals surface area (Å²) in [7, 11) is 0. The summed E-state index contributed by atoms with van der Waals surface area (Å²) in [5.41, 5.74) is 1.90. The summed E-state index contributed by atoms with van der Waals surface area (Å²) in [4.78, 5) is 19.2. The molecule has 9 nitrogen and oxygen atoms in total. The molecular formula is C21H22N2O7. The number of benzene rings is 3. The number of phenols is 3. The van der Waals surface area contributed by atoms with Crippen LogP contribution < -0.4 is 0 Å². The first-order valence-corrected chi connectivity index (χ1v) is 8.65. The summed E-state index contributed by atoms with van der Waals surface area (Å²) in [6.45, 7) is 5.24. The third-order valence-electron chi connectivity index (χ3n) is 3.82. The molecule has 0 radical (unpaired) electrons. The van der Waals surface area contributed by atoms with E-state index in [1.807, 2.05) is 19.1 Å². The number of aryl methyl sites for hydroxylation is 3. The molecule has 3 aromatic rings. The van der Waals surface area contributed by atoms with E-state index in [0.29, 0.717) is 16.9 Å². The minimum absolute atomic E-state index is 0.0424. The number of para-hydroxylation sites is 1. The van der Waals surface area contributed by atoms with Crippen molar-refractivity contribution in [2.75, 3.05) is 0 Å². The average Bonchev–Trinajstić information content (AvgIpc) is 2.66. The Morgan fingerprint density at radius 1 is 0.733 bits per heavy atom. The fraction of sp³-hybridized carbons (Fsp3) is 0.143. The van der Waals surface area contributed by atoms with Gasteiger partial charge in [0.2, 0.25) is 0 Å². The SMILES string of the molecule is Cc1ccc([N+](=O)[O-])cc1O.Cc1cccc(O)c1.Cc1cccc([N+](=O)[O-])c1O. The normalized spacial score (nSPS) is 9.43. The Hall–Kier alpha value is -4.14. The van der Waals surface area contributed by atoms with Gasteiger partial charge in [-0.2, -0.15) is 0 Å². The first kappa shape index (κ1) is 23.9. The average molecular weight is 414 g/mol.